The number of carbonyl (C=O) groups excluding carboxylic acids is 1. The molecule has 0 bridgehead atoms. The first kappa shape index (κ1) is 11.0. The summed E-state index contributed by atoms with van der Waals surface area (Å²) < 4.78 is 5.27. The van der Waals surface area contributed by atoms with E-state index in [1.165, 1.54) is 0 Å². The highest BCUT2D eigenvalue weighted by atomic mass is 16.5. The largest absolute Gasteiger partial charge is 0.495 e. The van der Waals surface area contributed by atoms with Crippen molar-refractivity contribution in [3.63, 3.8) is 0 Å². The summed E-state index contributed by atoms with van der Waals surface area (Å²) in [5, 5.41) is 2.80. The van der Waals surface area contributed by atoms with Gasteiger partial charge in [0.05, 0.1) is 19.2 Å². The Labute approximate surface area is 94.8 Å². The Morgan fingerprint density at radius 2 is 2.31 bits per heavy atom. The Morgan fingerprint density at radius 1 is 1.56 bits per heavy atom. The van der Waals surface area contributed by atoms with E-state index >= 15 is 0 Å². The Morgan fingerprint density at radius 3 is 2.94 bits per heavy atom. The molecule has 1 amide bonds. The van der Waals surface area contributed by atoms with Crippen LogP contribution in [0.2, 0.25) is 0 Å². The summed E-state index contributed by atoms with van der Waals surface area (Å²) in [6.45, 7) is 1.96. The van der Waals surface area contributed by atoms with E-state index in [9.17, 15) is 4.79 Å². The molecular weight excluding hydrogens is 204 g/mol. The molecule has 1 aliphatic heterocycles. The van der Waals surface area contributed by atoms with Crippen LogP contribution in [0.1, 0.15) is 18.1 Å². The highest BCUT2D eigenvalue weighted by Gasteiger charge is 2.22. The second kappa shape index (κ2) is 4.14. The highest BCUT2D eigenvalue weighted by Crippen LogP contribution is 2.34. The monoisotopic (exact) mass is 220 g/mol. The minimum Gasteiger partial charge on any atom is -0.495 e. The number of ether oxygens (including phenoxy) is 1. The molecule has 0 radical (unpaired) electrons. The predicted molar refractivity (Wildman–Crippen MR) is 62.7 cm³/mol. The second-order valence-corrected chi connectivity index (χ2v) is 4.24. The minimum absolute atomic E-state index is 0.0197. The molecule has 1 unspecified atom stereocenters. The Hall–Kier alpha value is -1.55. The van der Waals surface area contributed by atoms with Crippen LogP contribution in [-0.2, 0) is 17.6 Å². The van der Waals surface area contributed by atoms with E-state index in [0.717, 1.165) is 29.0 Å². The van der Waals surface area contributed by atoms with Crippen LogP contribution in [-0.4, -0.2) is 19.1 Å². The fourth-order valence-corrected chi connectivity index (χ4v) is 2.02. The van der Waals surface area contributed by atoms with E-state index in [1.807, 2.05) is 19.1 Å². The SMILES string of the molecule is COc1cc(CC(C)N)cc2c1NC(=O)C2. The molecule has 0 saturated heterocycles. The predicted octanol–water partition coefficient (Wildman–Crippen LogP) is 1.08. The fourth-order valence-electron chi connectivity index (χ4n) is 2.02. The summed E-state index contributed by atoms with van der Waals surface area (Å²) in [5.74, 6) is 0.741. The number of benzene rings is 1. The van der Waals surface area contributed by atoms with Crippen molar-refractivity contribution in [1.82, 2.24) is 0 Å². The van der Waals surface area contributed by atoms with Crippen molar-refractivity contribution in [2.45, 2.75) is 25.8 Å². The van der Waals surface area contributed by atoms with Crippen LogP contribution in [0.25, 0.3) is 0 Å². The van der Waals surface area contributed by atoms with Crippen LogP contribution in [0, 0.1) is 0 Å². The number of hydrogen-bond acceptors (Lipinski definition) is 3. The van der Waals surface area contributed by atoms with Crippen LogP contribution < -0.4 is 15.8 Å². The van der Waals surface area contributed by atoms with Gasteiger partial charge in [0.2, 0.25) is 5.91 Å². The van der Waals surface area contributed by atoms with E-state index in [-0.39, 0.29) is 11.9 Å². The zero-order valence-corrected chi connectivity index (χ0v) is 9.54. The molecule has 0 aliphatic carbocycles. The van der Waals surface area contributed by atoms with Crippen molar-refractivity contribution >= 4 is 11.6 Å². The normalized spacial score (nSPS) is 15.6. The van der Waals surface area contributed by atoms with Crippen LogP contribution in [0.3, 0.4) is 0 Å². The van der Waals surface area contributed by atoms with Crippen LogP contribution in [0.4, 0.5) is 5.69 Å². The number of anilines is 1. The van der Waals surface area contributed by atoms with E-state index in [4.69, 9.17) is 10.5 Å². The lowest BCUT2D eigenvalue weighted by Gasteiger charge is -2.11. The molecule has 0 fully saturated rings. The molecule has 1 heterocycles. The van der Waals surface area contributed by atoms with Crippen LogP contribution in [0.5, 0.6) is 5.75 Å². The molecule has 0 saturated carbocycles. The maximum atomic E-state index is 11.3. The van der Waals surface area contributed by atoms with E-state index < -0.39 is 0 Å². The molecule has 1 atom stereocenters. The first-order valence-corrected chi connectivity index (χ1v) is 5.35. The van der Waals surface area contributed by atoms with Crippen LogP contribution >= 0.6 is 0 Å². The van der Waals surface area contributed by atoms with Crippen molar-refractivity contribution in [2.24, 2.45) is 5.73 Å². The molecule has 2 rings (SSSR count). The smallest absolute Gasteiger partial charge is 0.228 e. The quantitative estimate of drug-likeness (QED) is 0.801. The average molecular weight is 220 g/mol. The van der Waals surface area contributed by atoms with Crippen molar-refractivity contribution in [3.05, 3.63) is 23.3 Å². The summed E-state index contributed by atoms with van der Waals surface area (Å²) in [4.78, 5) is 11.3. The lowest BCUT2D eigenvalue weighted by molar-refractivity contribution is -0.115. The van der Waals surface area contributed by atoms with E-state index in [1.54, 1.807) is 7.11 Å². The lowest BCUT2D eigenvalue weighted by Crippen LogP contribution is -2.17. The lowest BCUT2D eigenvalue weighted by atomic mass is 10.0. The molecule has 1 aliphatic rings. The van der Waals surface area contributed by atoms with Crippen molar-refractivity contribution in [2.75, 3.05) is 12.4 Å². The van der Waals surface area contributed by atoms with E-state index in [2.05, 4.69) is 5.32 Å². The molecule has 16 heavy (non-hydrogen) atoms. The summed E-state index contributed by atoms with van der Waals surface area (Å²) in [5.41, 5.74) is 8.68. The van der Waals surface area contributed by atoms with Gasteiger partial charge in [0, 0.05) is 6.04 Å². The number of hydrogen-bond donors (Lipinski definition) is 2. The number of nitrogens with one attached hydrogen (secondary N) is 1. The summed E-state index contributed by atoms with van der Waals surface area (Å²) in [6.07, 6.45) is 1.22. The molecule has 4 heteroatoms. The van der Waals surface area contributed by atoms with Gasteiger partial charge in [-0.2, -0.15) is 0 Å². The fraction of sp³-hybridized carbons (Fsp3) is 0.417. The minimum atomic E-state index is 0.0197. The number of fused-ring (bicyclic) bond motifs is 1. The number of rotatable bonds is 3. The van der Waals surface area contributed by atoms with Crippen molar-refractivity contribution in [3.8, 4) is 5.75 Å². The summed E-state index contributed by atoms with van der Waals surface area (Å²) >= 11 is 0. The molecule has 4 nitrogen and oxygen atoms in total. The zero-order valence-electron chi connectivity index (χ0n) is 9.54. The second-order valence-electron chi connectivity index (χ2n) is 4.24. The molecule has 0 aromatic heterocycles. The van der Waals surface area contributed by atoms with Gasteiger partial charge in [-0.1, -0.05) is 6.07 Å². The number of methoxy groups -OCH3 is 1. The van der Waals surface area contributed by atoms with Crippen molar-refractivity contribution in [1.29, 1.82) is 0 Å². The third-order valence-corrected chi connectivity index (χ3v) is 2.64. The van der Waals surface area contributed by atoms with Gasteiger partial charge in [-0.25, -0.2) is 0 Å². The van der Waals surface area contributed by atoms with Crippen LogP contribution in [0.15, 0.2) is 12.1 Å². The van der Waals surface area contributed by atoms with Gasteiger partial charge < -0.3 is 15.8 Å². The molecule has 86 valence electrons. The third kappa shape index (κ3) is 2.02. The first-order valence-electron chi connectivity index (χ1n) is 5.35. The third-order valence-electron chi connectivity index (χ3n) is 2.64. The van der Waals surface area contributed by atoms with Gasteiger partial charge in [0.1, 0.15) is 5.75 Å². The molecule has 3 N–H and O–H groups in total. The van der Waals surface area contributed by atoms with Gasteiger partial charge >= 0.3 is 0 Å². The number of carbonyl (C=O) groups is 1. The Kier molecular flexibility index (Phi) is 2.83. The molecule has 0 spiro atoms. The summed E-state index contributed by atoms with van der Waals surface area (Å²) in [7, 11) is 1.61. The van der Waals surface area contributed by atoms with Gasteiger partial charge in [0.25, 0.3) is 0 Å². The highest BCUT2D eigenvalue weighted by molar-refractivity contribution is 6.01. The molecule has 1 aromatic carbocycles. The first-order chi connectivity index (χ1) is 7.60. The number of amides is 1. The van der Waals surface area contributed by atoms with Gasteiger partial charge in [0.15, 0.2) is 0 Å². The summed E-state index contributed by atoms with van der Waals surface area (Å²) in [6, 6.07) is 4.07. The maximum Gasteiger partial charge on any atom is 0.228 e. The average Bonchev–Trinajstić information content (AvgIpc) is 2.56. The maximum absolute atomic E-state index is 11.3. The van der Waals surface area contributed by atoms with Gasteiger partial charge in [-0.15, -0.1) is 0 Å². The number of nitrogens with two attached hydrogens (primary N) is 1. The van der Waals surface area contributed by atoms with E-state index in [0.29, 0.717) is 6.42 Å². The van der Waals surface area contributed by atoms with Gasteiger partial charge in [-0.05, 0) is 30.5 Å². The van der Waals surface area contributed by atoms with Crippen molar-refractivity contribution < 1.29 is 9.53 Å². The van der Waals surface area contributed by atoms with Gasteiger partial charge in [-0.3, -0.25) is 4.79 Å². The topological polar surface area (TPSA) is 64.3 Å². The zero-order chi connectivity index (χ0) is 11.7. The molecular formula is C12H16N2O2. The Bertz CT molecular complexity index is 427. The molecule has 1 aromatic rings. The standard InChI is InChI=1S/C12H16N2O2/c1-7(13)3-8-4-9-6-11(15)14-12(9)10(5-8)16-2/h4-5,7H,3,6,13H2,1-2H3,(H,14,15). The Balaban J connectivity index is 2.38.